The molecule has 4 rings (SSSR count). The first kappa shape index (κ1) is 19.5. The highest BCUT2D eigenvalue weighted by atomic mass is 19.3. The molecule has 0 unspecified atom stereocenters. The van der Waals surface area contributed by atoms with E-state index in [1.165, 1.54) is 0 Å². The molecule has 0 spiro atoms. The van der Waals surface area contributed by atoms with E-state index >= 15 is 0 Å². The highest BCUT2D eigenvalue weighted by Gasteiger charge is 2.35. The number of amides is 1. The molecule has 156 valence electrons. The van der Waals surface area contributed by atoms with E-state index in [2.05, 4.69) is 20.4 Å². The van der Waals surface area contributed by atoms with E-state index in [1.54, 1.807) is 28.9 Å². The molecule has 1 aliphatic heterocycles. The Bertz CT molecular complexity index is 890. The highest BCUT2D eigenvalue weighted by molar-refractivity contribution is 5.82. The van der Waals surface area contributed by atoms with Gasteiger partial charge in [-0.1, -0.05) is 0 Å². The summed E-state index contributed by atoms with van der Waals surface area (Å²) in [6.07, 6.45) is 2.29. The van der Waals surface area contributed by atoms with Crippen LogP contribution in [0.1, 0.15) is 31.4 Å². The summed E-state index contributed by atoms with van der Waals surface area (Å²) in [5.74, 6) is -0.999. The van der Waals surface area contributed by atoms with Crippen molar-refractivity contribution < 1.29 is 13.6 Å². The zero-order chi connectivity index (χ0) is 20.6. The fourth-order valence-electron chi connectivity index (χ4n) is 3.63. The first-order valence-corrected chi connectivity index (χ1v) is 9.84. The molecule has 1 saturated carbocycles. The molecule has 2 aromatic rings. The largest absolute Gasteiger partial charge is 0.367 e. The quantitative estimate of drug-likeness (QED) is 0.841. The second-order valence-corrected chi connectivity index (χ2v) is 7.82. The van der Waals surface area contributed by atoms with Crippen LogP contribution in [0.4, 0.5) is 20.4 Å². The van der Waals surface area contributed by atoms with Gasteiger partial charge >= 0.3 is 0 Å². The Kier molecular flexibility index (Phi) is 5.10. The molecular weight excluding hydrogens is 380 g/mol. The van der Waals surface area contributed by atoms with E-state index in [1.807, 2.05) is 17.9 Å². The first-order chi connectivity index (χ1) is 13.8. The van der Waals surface area contributed by atoms with Crippen molar-refractivity contribution in [1.82, 2.24) is 24.6 Å². The summed E-state index contributed by atoms with van der Waals surface area (Å²) in [5, 5.41) is 7.66. The summed E-state index contributed by atoms with van der Waals surface area (Å²) in [7, 11) is 1.78. The zero-order valence-corrected chi connectivity index (χ0v) is 16.6. The molecule has 8 nitrogen and oxygen atoms in total. The molecular formula is C19H25F2N7O. The Morgan fingerprint density at radius 3 is 2.62 bits per heavy atom. The first-order valence-electron chi connectivity index (χ1n) is 9.84. The van der Waals surface area contributed by atoms with Gasteiger partial charge in [0.25, 0.3) is 5.95 Å². The maximum Gasteiger partial charge on any atom is 0.254 e. The predicted molar refractivity (Wildman–Crippen MR) is 105 cm³/mol. The van der Waals surface area contributed by atoms with E-state index in [-0.39, 0.29) is 31.3 Å². The van der Waals surface area contributed by atoms with Crippen LogP contribution >= 0.6 is 0 Å². The lowest BCUT2D eigenvalue weighted by atomic mass is 9.92. The topological polar surface area (TPSA) is 79.2 Å². The van der Waals surface area contributed by atoms with E-state index < -0.39 is 5.92 Å². The van der Waals surface area contributed by atoms with Gasteiger partial charge in [0.05, 0.1) is 12.2 Å². The number of carbonyl (C=O) groups is 1. The lowest BCUT2D eigenvalue weighted by Crippen LogP contribution is -2.49. The van der Waals surface area contributed by atoms with E-state index in [0.29, 0.717) is 43.5 Å². The molecule has 1 saturated heterocycles. The summed E-state index contributed by atoms with van der Waals surface area (Å²) in [4.78, 5) is 24.9. The molecule has 3 heterocycles. The number of aromatic nitrogens is 4. The normalized spacial score (nSPS) is 20.2. The Hall–Kier alpha value is -2.78. The summed E-state index contributed by atoms with van der Waals surface area (Å²) < 4.78 is 28.5. The number of alkyl halides is 2. The van der Waals surface area contributed by atoms with Gasteiger partial charge < -0.3 is 15.1 Å². The van der Waals surface area contributed by atoms with Gasteiger partial charge in [-0.15, -0.1) is 0 Å². The summed E-state index contributed by atoms with van der Waals surface area (Å²) in [6, 6.07) is 3.57. The second-order valence-electron chi connectivity index (χ2n) is 7.82. The van der Waals surface area contributed by atoms with Crippen molar-refractivity contribution in [3.05, 3.63) is 24.0 Å². The maximum absolute atomic E-state index is 13.5. The number of nitrogens with one attached hydrogen (secondary N) is 1. The molecule has 0 bridgehead atoms. The molecule has 1 aliphatic carbocycles. The molecule has 2 aromatic heterocycles. The molecule has 29 heavy (non-hydrogen) atoms. The molecule has 0 atom stereocenters. The van der Waals surface area contributed by atoms with Gasteiger partial charge in [0.2, 0.25) is 11.8 Å². The van der Waals surface area contributed by atoms with E-state index in [9.17, 15) is 13.6 Å². The zero-order valence-electron chi connectivity index (χ0n) is 16.6. The van der Waals surface area contributed by atoms with Crippen molar-refractivity contribution in [2.24, 2.45) is 0 Å². The monoisotopic (exact) mass is 405 g/mol. The maximum atomic E-state index is 13.5. The minimum Gasteiger partial charge on any atom is -0.367 e. The number of halogens is 2. The second kappa shape index (κ2) is 7.57. The van der Waals surface area contributed by atoms with Gasteiger partial charge in [-0.25, -0.2) is 13.5 Å². The SMILES string of the molecule is Cc1ccn(-c2nc(NC3CCC(F)(F)CC3)cc(N3CCN(C)C(=O)C3)n2)n1. The Balaban J connectivity index is 1.61. The minimum absolute atomic E-state index is 0.0235. The van der Waals surface area contributed by atoms with Crippen LogP contribution in [0.2, 0.25) is 0 Å². The Labute approximate surface area is 167 Å². The van der Waals surface area contributed by atoms with Gasteiger partial charge in [-0.3, -0.25) is 4.79 Å². The average molecular weight is 405 g/mol. The number of hydrogen-bond donors (Lipinski definition) is 1. The Morgan fingerprint density at radius 2 is 1.97 bits per heavy atom. The lowest BCUT2D eigenvalue weighted by molar-refractivity contribution is -0.129. The van der Waals surface area contributed by atoms with Crippen LogP contribution in [-0.4, -0.2) is 69.2 Å². The van der Waals surface area contributed by atoms with Gasteiger partial charge in [-0.05, 0) is 25.8 Å². The minimum atomic E-state index is -2.58. The number of aryl methyl sites for hydroxylation is 1. The Morgan fingerprint density at radius 1 is 1.21 bits per heavy atom. The van der Waals surface area contributed by atoms with Gasteiger partial charge in [0, 0.05) is 51.3 Å². The number of rotatable bonds is 4. The van der Waals surface area contributed by atoms with E-state index in [0.717, 1.165) is 5.69 Å². The van der Waals surface area contributed by atoms with Gasteiger partial charge in [-0.2, -0.15) is 15.1 Å². The van der Waals surface area contributed by atoms with Crippen LogP contribution in [0.15, 0.2) is 18.3 Å². The third kappa shape index (κ3) is 4.46. The smallest absolute Gasteiger partial charge is 0.254 e. The predicted octanol–water partition coefficient (Wildman–Crippen LogP) is 2.24. The van der Waals surface area contributed by atoms with Crippen LogP contribution in [0.3, 0.4) is 0 Å². The number of carbonyl (C=O) groups excluding carboxylic acids is 1. The summed E-state index contributed by atoms with van der Waals surface area (Å²) in [6.45, 7) is 3.38. The van der Waals surface area contributed by atoms with E-state index in [4.69, 9.17) is 0 Å². The van der Waals surface area contributed by atoms with Crippen LogP contribution in [0.5, 0.6) is 0 Å². The van der Waals surface area contributed by atoms with Crippen molar-refractivity contribution in [3.63, 3.8) is 0 Å². The van der Waals surface area contributed by atoms with Crippen LogP contribution in [-0.2, 0) is 4.79 Å². The van der Waals surface area contributed by atoms with Crippen molar-refractivity contribution in [1.29, 1.82) is 0 Å². The van der Waals surface area contributed by atoms with Gasteiger partial charge in [0.1, 0.15) is 11.6 Å². The number of hydrogen-bond acceptors (Lipinski definition) is 6. The molecule has 1 amide bonds. The molecule has 0 radical (unpaired) electrons. The standard InChI is InChI=1S/C19H25F2N7O/c1-13-5-8-28(25-13)18-23-15(22-14-3-6-19(20,21)7-4-14)11-16(24-18)27-10-9-26(2)17(29)12-27/h5,8,11,14H,3-4,6-7,9-10,12H2,1-2H3,(H,22,23,24). The molecule has 10 heteroatoms. The van der Waals surface area contributed by atoms with Gasteiger partial charge in [0.15, 0.2) is 0 Å². The lowest BCUT2D eigenvalue weighted by Gasteiger charge is -2.33. The average Bonchev–Trinajstić information content (AvgIpc) is 3.12. The fourth-order valence-corrected chi connectivity index (χ4v) is 3.63. The highest BCUT2D eigenvalue weighted by Crippen LogP contribution is 2.34. The number of piperazine rings is 1. The van der Waals surface area contributed by atoms with Crippen LogP contribution in [0.25, 0.3) is 5.95 Å². The van der Waals surface area contributed by atoms with Crippen molar-refractivity contribution in [3.8, 4) is 5.95 Å². The molecule has 0 aromatic carbocycles. The summed E-state index contributed by atoms with van der Waals surface area (Å²) in [5.41, 5.74) is 0.831. The molecule has 2 aliphatic rings. The number of likely N-dealkylation sites (N-methyl/N-ethyl adjacent to an activating group) is 1. The number of anilines is 2. The third-order valence-electron chi connectivity index (χ3n) is 5.48. The van der Waals surface area contributed by atoms with Crippen molar-refractivity contribution in [2.75, 3.05) is 36.9 Å². The fraction of sp³-hybridized carbons (Fsp3) is 0.579. The van der Waals surface area contributed by atoms with Crippen LogP contribution in [0, 0.1) is 6.92 Å². The number of nitrogens with zero attached hydrogens (tertiary/aromatic N) is 6. The van der Waals surface area contributed by atoms with Crippen molar-refractivity contribution in [2.45, 2.75) is 44.6 Å². The van der Waals surface area contributed by atoms with Crippen LogP contribution < -0.4 is 10.2 Å². The summed E-state index contributed by atoms with van der Waals surface area (Å²) >= 11 is 0. The molecule has 1 N–H and O–H groups in total. The van der Waals surface area contributed by atoms with Crippen molar-refractivity contribution >= 4 is 17.5 Å². The third-order valence-corrected chi connectivity index (χ3v) is 5.48. The molecule has 2 fully saturated rings.